The molecular formula is C19H39N5. The van der Waals surface area contributed by atoms with Crippen LogP contribution in [0.15, 0.2) is 9.98 Å². The molecule has 0 unspecified atom stereocenters. The van der Waals surface area contributed by atoms with Crippen LogP contribution in [-0.4, -0.2) is 36.1 Å². The molecule has 24 heavy (non-hydrogen) atoms. The molecule has 0 aliphatic carbocycles. The van der Waals surface area contributed by atoms with Crippen LogP contribution in [-0.2, 0) is 0 Å². The van der Waals surface area contributed by atoms with Gasteiger partial charge in [-0.25, -0.2) is 9.98 Å². The van der Waals surface area contributed by atoms with Gasteiger partial charge in [-0.05, 0) is 20.3 Å². The van der Waals surface area contributed by atoms with Crippen LogP contribution in [0.5, 0.6) is 0 Å². The molecule has 1 aliphatic rings. The second kappa shape index (κ2) is 11.3. The fourth-order valence-corrected chi connectivity index (χ4v) is 3.05. The second-order valence-corrected chi connectivity index (χ2v) is 7.51. The van der Waals surface area contributed by atoms with Crippen molar-refractivity contribution in [1.82, 2.24) is 10.2 Å². The third kappa shape index (κ3) is 9.14. The molecule has 0 saturated carbocycles. The van der Waals surface area contributed by atoms with Crippen LogP contribution >= 0.6 is 0 Å². The molecule has 0 atom stereocenters. The quantitative estimate of drug-likeness (QED) is 0.523. The molecule has 0 bridgehead atoms. The average molecular weight is 338 g/mol. The van der Waals surface area contributed by atoms with Crippen LogP contribution in [0.4, 0.5) is 0 Å². The van der Waals surface area contributed by atoms with E-state index >= 15 is 0 Å². The fourth-order valence-electron chi connectivity index (χ4n) is 3.05. The van der Waals surface area contributed by atoms with E-state index in [9.17, 15) is 0 Å². The SMILES string of the molecule is CCCCCCCCCCCCCN(C)C1=NC(C)(C)N=C(N)N1. The van der Waals surface area contributed by atoms with Gasteiger partial charge < -0.3 is 10.6 Å². The number of rotatable bonds is 12. The highest BCUT2D eigenvalue weighted by Gasteiger charge is 2.23. The molecule has 140 valence electrons. The maximum Gasteiger partial charge on any atom is 0.202 e. The molecule has 1 aliphatic heterocycles. The molecule has 0 fully saturated rings. The largest absolute Gasteiger partial charge is 0.370 e. The molecule has 5 nitrogen and oxygen atoms in total. The summed E-state index contributed by atoms with van der Waals surface area (Å²) in [5.74, 6) is 1.29. The van der Waals surface area contributed by atoms with E-state index in [-0.39, 0.29) is 0 Å². The Labute approximate surface area is 149 Å². The number of nitrogens with two attached hydrogens (primary N) is 1. The van der Waals surface area contributed by atoms with Crippen LogP contribution in [0.3, 0.4) is 0 Å². The van der Waals surface area contributed by atoms with E-state index in [1.165, 1.54) is 70.6 Å². The van der Waals surface area contributed by atoms with Gasteiger partial charge in [-0.3, -0.25) is 5.32 Å². The van der Waals surface area contributed by atoms with Gasteiger partial charge in [0.2, 0.25) is 5.96 Å². The van der Waals surface area contributed by atoms with E-state index in [2.05, 4.69) is 34.2 Å². The van der Waals surface area contributed by atoms with E-state index < -0.39 is 5.66 Å². The average Bonchev–Trinajstić information content (AvgIpc) is 2.50. The minimum absolute atomic E-state index is 0.454. The summed E-state index contributed by atoms with van der Waals surface area (Å²) in [5.41, 5.74) is 5.37. The van der Waals surface area contributed by atoms with Crippen molar-refractivity contribution in [3.63, 3.8) is 0 Å². The maximum atomic E-state index is 5.83. The van der Waals surface area contributed by atoms with E-state index in [0.29, 0.717) is 5.96 Å². The molecular weight excluding hydrogens is 298 g/mol. The molecule has 0 saturated heterocycles. The Hall–Kier alpha value is -1.26. The van der Waals surface area contributed by atoms with E-state index in [0.717, 1.165) is 12.5 Å². The predicted molar refractivity (Wildman–Crippen MR) is 105 cm³/mol. The monoisotopic (exact) mass is 337 g/mol. The van der Waals surface area contributed by atoms with Gasteiger partial charge in [-0.15, -0.1) is 0 Å². The fraction of sp³-hybridized carbons (Fsp3) is 0.895. The Balaban J connectivity index is 2.02. The zero-order chi connectivity index (χ0) is 17.8. The van der Waals surface area contributed by atoms with Crippen molar-refractivity contribution in [3.05, 3.63) is 0 Å². The number of nitrogens with one attached hydrogen (secondary N) is 1. The third-order valence-corrected chi connectivity index (χ3v) is 4.47. The Kier molecular flexibility index (Phi) is 9.80. The summed E-state index contributed by atoms with van der Waals surface area (Å²) in [4.78, 5) is 11.0. The lowest BCUT2D eigenvalue weighted by atomic mass is 10.1. The second-order valence-electron chi connectivity index (χ2n) is 7.51. The summed E-state index contributed by atoms with van der Waals surface area (Å²) in [7, 11) is 2.07. The van der Waals surface area contributed by atoms with Gasteiger partial charge >= 0.3 is 0 Å². The smallest absolute Gasteiger partial charge is 0.202 e. The molecule has 0 aromatic heterocycles. The summed E-state index contributed by atoms with van der Waals surface area (Å²) in [5, 5.41) is 3.07. The predicted octanol–water partition coefficient (Wildman–Crippen LogP) is 4.24. The van der Waals surface area contributed by atoms with Crippen molar-refractivity contribution in [2.24, 2.45) is 15.7 Å². The van der Waals surface area contributed by atoms with Crippen molar-refractivity contribution in [1.29, 1.82) is 0 Å². The Bertz CT molecular complexity index is 401. The van der Waals surface area contributed by atoms with Gasteiger partial charge in [0.1, 0.15) is 0 Å². The number of guanidine groups is 2. The normalized spacial score (nSPS) is 16.3. The van der Waals surface area contributed by atoms with E-state index in [4.69, 9.17) is 5.73 Å². The highest BCUT2D eigenvalue weighted by atomic mass is 15.4. The van der Waals surface area contributed by atoms with Crippen LogP contribution in [0.25, 0.3) is 0 Å². The van der Waals surface area contributed by atoms with Crippen LogP contribution in [0, 0.1) is 0 Å². The first-order chi connectivity index (χ1) is 11.4. The molecule has 0 aromatic carbocycles. The van der Waals surface area contributed by atoms with Gasteiger partial charge in [0.25, 0.3) is 0 Å². The highest BCUT2D eigenvalue weighted by Crippen LogP contribution is 2.15. The van der Waals surface area contributed by atoms with Gasteiger partial charge in [-0.1, -0.05) is 71.1 Å². The van der Waals surface area contributed by atoms with Crippen molar-refractivity contribution < 1.29 is 0 Å². The Morgan fingerprint density at radius 2 is 1.38 bits per heavy atom. The lowest BCUT2D eigenvalue weighted by Crippen LogP contribution is -2.50. The molecule has 0 aromatic rings. The number of aliphatic imine (C=N–C) groups is 2. The maximum absolute atomic E-state index is 5.83. The van der Waals surface area contributed by atoms with Crippen LogP contribution in [0.2, 0.25) is 0 Å². The van der Waals surface area contributed by atoms with Gasteiger partial charge in [0.15, 0.2) is 11.6 Å². The summed E-state index contributed by atoms with van der Waals surface area (Å²) >= 11 is 0. The lowest BCUT2D eigenvalue weighted by Gasteiger charge is -2.29. The summed E-state index contributed by atoms with van der Waals surface area (Å²) in [6.45, 7) is 7.22. The first-order valence-corrected chi connectivity index (χ1v) is 9.88. The molecule has 0 spiro atoms. The van der Waals surface area contributed by atoms with E-state index in [1.807, 2.05) is 13.8 Å². The molecule has 1 heterocycles. The van der Waals surface area contributed by atoms with Crippen molar-refractivity contribution in [2.75, 3.05) is 13.6 Å². The first-order valence-electron chi connectivity index (χ1n) is 9.88. The summed E-state index contributed by atoms with van der Waals surface area (Å²) in [6, 6.07) is 0. The highest BCUT2D eigenvalue weighted by molar-refractivity contribution is 5.99. The molecule has 1 rings (SSSR count). The summed E-state index contributed by atoms with van der Waals surface area (Å²) < 4.78 is 0. The van der Waals surface area contributed by atoms with Crippen molar-refractivity contribution in [3.8, 4) is 0 Å². The van der Waals surface area contributed by atoms with Gasteiger partial charge in [0, 0.05) is 13.6 Å². The Morgan fingerprint density at radius 3 is 1.88 bits per heavy atom. The van der Waals surface area contributed by atoms with Crippen molar-refractivity contribution >= 4 is 11.9 Å². The minimum Gasteiger partial charge on any atom is -0.370 e. The molecule has 0 amide bonds. The molecule has 3 N–H and O–H groups in total. The van der Waals surface area contributed by atoms with Crippen LogP contribution < -0.4 is 11.1 Å². The summed E-state index contributed by atoms with van der Waals surface area (Å²) in [6.07, 6.45) is 15.0. The molecule has 5 heteroatoms. The first kappa shape index (κ1) is 20.8. The third-order valence-electron chi connectivity index (χ3n) is 4.47. The van der Waals surface area contributed by atoms with Gasteiger partial charge in [-0.2, -0.15) is 0 Å². The number of hydrogen-bond acceptors (Lipinski definition) is 5. The Morgan fingerprint density at radius 1 is 0.875 bits per heavy atom. The molecule has 0 radical (unpaired) electrons. The minimum atomic E-state index is -0.462. The van der Waals surface area contributed by atoms with Crippen molar-refractivity contribution in [2.45, 2.75) is 97.1 Å². The lowest BCUT2D eigenvalue weighted by molar-refractivity contribution is 0.435. The zero-order valence-electron chi connectivity index (χ0n) is 16.4. The number of nitrogens with zero attached hydrogens (tertiary/aromatic N) is 3. The van der Waals surface area contributed by atoms with Crippen LogP contribution in [0.1, 0.15) is 91.4 Å². The van der Waals surface area contributed by atoms with E-state index in [1.54, 1.807) is 0 Å². The number of unbranched alkanes of at least 4 members (excludes halogenated alkanes) is 10. The van der Waals surface area contributed by atoms with Gasteiger partial charge in [0.05, 0.1) is 0 Å². The number of hydrogen-bond donors (Lipinski definition) is 2. The topological polar surface area (TPSA) is 66.0 Å². The zero-order valence-corrected chi connectivity index (χ0v) is 16.4. The standard InChI is InChI=1S/C19H39N5/c1-5-6-7-8-9-10-11-12-13-14-15-16-24(4)18-21-17(20)22-19(2,3)23-18/h5-16H2,1-4H3,(H3,20,21,22,23).